The van der Waals surface area contributed by atoms with Crippen LogP contribution in [0.4, 0.5) is 0 Å². The van der Waals surface area contributed by atoms with Gasteiger partial charge >= 0.3 is 5.97 Å². The zero-order valence-electron chi connectivity index (χ0n) is 9.46. The Balaban J connectivity index is 2.65. The molecule has 16 heavy (non-hydrogen) atoms. The lowest BCUT2D eigenvalue weighted by Crippen LogP contribution is -2.05. The molecule has 4 heteroatoms. The number of methoxy groups -OCH3 is 1. The van der Waals surface area contributed by atoms with Crippen molar-refractivity contribution < 1.29 is 14.3 Å². The van der Waals surface area contributed by atoms with Crippen LogP contribution in [-0.4, -0.2) is 19.7 Å². The summed E-state index contributed by atoms with van der Waals surface area (Å²) < 4.78 is 11.3. The fourth-order valence-corrected chi connectivity index (χ4v) is 1.97. The largest absolute Gasteiger partial charge is 0.496 e. The summed E-state index contributed by atoms with van der Waals surface area (Å²) in [7, 11) is 1.63. The number of ether oxygens (including phenoxy) is 2. The molecule has 3 nitrogen and oxygen atoms in total. The van der Waals surface area contributed by atoms with E-state index in [-0.39, 0.29) is 5.97 Å². The standard InChI is InChI=1S/C12H15IO3/c1-3-16-12(14)7-4-9-8-10(13)5-6-11(9)15-2/h5-6,8H,3-4,7H2,1-2H3. The number of halogens is 1. The number of aryl methyl sites for hydroxylation is 1. The zero-order valence-corrected chi connectivity index (χ0v) is 11.6. The first-order chi connectivity index (χ1) is 7.67. The van der Waals surface area contributed by atoms with Gasteiger partial charge in [0.2, 0.25) is 0 Å². The molecule has 1 rings (SSSR count). The number of carbonyl (C=O) groups excluding carboxylic acids is 1. The van der Waals surface area contributed by atoms with Crippen LogP contribution in [-0.2, 0) is 16.0 Å². The SMILES string of the molecule is CCOC(=O)CCc1cc(I)ccc1OC. The minimum Gasteiger partial charge on any atom is -0.496 e. The summed E-state index contributed by atoms with van der Waals surface area (Å²) in [6.07, 6.45) is 1.04. The summed E-state index contributed by atoms with van der Waals surface area (Å²) in [6, 6.07) is 5.92. The van der Waals surface area contributed by atoms with Gasteiger partial charge in [-0.1, -0.05) is 0 Å². The van der Waals surface area contributed by atoms with Crippen LogP contribution < -0.4 is 4.74 Å². The molecule has 0 saturated heterocycles. The van der Waals surface area contributed by atoms with Crippen molar-refractivity contribution in [3.05, 3.63) is 27.3 Å². The Kier molecular flexibility index (Phi) is 5.59. The normalized spacial score (nSPS) is 9.94. The van der Waals surface area contributed by atoms with Crippen molar-refractivity contribution in [2.75, 3.05) is 13.7 Å². The predicted octanol–water partition coefficient (Wildman–Crippen LogP) is 2.80. The third-order valence-electron chi connectivity index (χ3n) is 2.15. The molecule has 0 saturated carbocycles. The number of rotatable bonds is 5. The van der Waals surface area contributed by atoms with Crippen molar-refractivity contribution in [2.45, 2.75) is 19.8 Å². The molecule has 0 radical (unpaired) electrons. The second kappa shape index (κ2) is 6.73. The molecule has 0 aromatic heterocycles. The third kappa shape index (κ3) is 4.00. The minimum atomic E-state index is -0.164. The Morgan fingerprint density at radius 2 is 2.19 bits per heavy atom. The van der Waals surface area contributed by atoms with Crippen molar-refractivity contribution in [1.82, 2.24) is 0 Å². The van der Waals surface area contributed by atoms with Gasteiger partial charge in [-0.05, 0) is 59.7 Å². The van der Waals surface area contributed by atoms with Gasteiger partial charge in [0.25, 0.3) is 0 Å². The molecule has 0 aliphatic carbocycles. The smallest absolute Gasteiger partial charge is 0.306 e. The second-order valence-corrected chi connectivity index (χ2v) is 4.51. The predicted molar refractivity (Wildman–Crippen MR) is 70.7 cm³/mol. The molecule has 0 amide bonds. The minimum absolute atomic E-state index is 0.164. The number of hydrogen-bond donors (Lipinski definition) is 0. The van der Waals surface area contributed by atoms with Crippen LogP contribution in [0, 0.1) is 3.57 Å². The molecule has 0 unspecified atom stereocenters. The molecule has 1 aromatic carbocycles. The molecule has 88 valence electrons. The van der Waals surface area contributed by atoms with E-state index in [0.717, 1.165) is 14.9 Å². The summed E-state index contributed by atoms with van der Waals surface area (Å²) in [5.74, 6) is 0.660. The van der Waals surface area contributed by atoms with Crippen molar-refractivity contribution >= 4 is 28.6 Å². The fraction of sp³-hybridized carbons (Fsp3) is 0.417. The summed E-state index contributed by atoms with van der Waals surface area (Å²) in [6.45, 7) is 2.24. The molecule has 0 heterocycles. The van der Waals surface area contributed by atoms with Gasteiger partial charge < -0.3 is 9.47 Å². The van der Waals surface area contributed by atoms with E-state index in [1.165, 1.54) is 0 Å². The highest BCUT2D eigenvalue weighted by Crippen LogP contribution is 2.22. The van der Waals surface area contributed by atoms with Gasteiger partial charge in [0.1, 0.15) is 5.75 Å². The van der Waals surface area contributed by atoms with Gasteiger partial charge in [-0.25, -0.2) is 0 Å². The van der Waals surface area contributed by atoms with Crippen molar-refractivity contribution in [1.29, 1.82) is 0 Å². The third-order valence-corrected chi connectivity index (χ3v) is 2.82. The number of carbonyl (C=O) groups is 1. The van der Waals surface area contributed by atoms with E-state index in [4.69, 9.17) is 9.47 Å². The Bertz CT molecular complexity index is 363. The first-order valence-corrected chi connectivity index (χ1v) is 6.23. The van der Waals surface area contributed by atoms with E-state index < -0.39 is 0 Å². The van der Waals surface area contributed by atoms with Crippen LogP contribution in [0.3, 0.4) is 0 Å². The fourth-order valence-electron chi connectivity index (χ4n) is 1.41. The lowest BCUT2D eigenvalue weighted by atomic mass is 10.1. The van der Waals surface area contributed by atoms with E-state index in [9.17, 15) is 4.79 Å². The Morgan fingerprint density at radius 3 is 2.81 bits per heavy atom. The molecular weight excluding hydrogens is 319 g/mol. The van der Waals surface area contributed by atoms with Gasteiger partial charge in [-0.2, -0.15) is 0 Å². The maximum atomic E-state index is 11.2. The second-order valence-electron chi connectivity index (χ2n) is 3.26. The topological polar surface area (TPSA) is 35.5 Å². The lowest BCUT2D eigenvalue weighted by molar-refractivity contribution is -0.143. The van der Waals surface area contributed by atoms with Gasteiger partial charge in [0, 0.05) is 9.99 Å². The molecule has 0 N–H and O–H groups in total. The van der Waals surface area contributed by atoms with Gasteiger partial charge in [0.05, 0.1) is 13.7 Å². The highest BCUT2D eigenvalue weighted by Gasteiger charge is 2.07. The highest BCUT2D eigenvalue weighted by molar-refractivity contribution is 14.1. The molecule has 0 atom stereocenters. The van der Waals surface area contributed by atoms with Gasteiger partial charge in [-0.15, -0.1) is 0 Å². The van der Waals surface area contributed by atoms with Crippen LogP contribution >= 0.6 is 22.6 Å². The van der Waals surface area contributed by atoms with Crippen molar-refractivity contribution in [2.24, 2.45) is 0 Å². The monoisotopic (exact) mass is 334 g/mol. The average molecular weight is 334 g/mol. The molecule has 0 aliphatic heterocycles. The van der Waals surface area contributed by atoms with E-state index in [2.05, 4.69) is 22.6 Å². The number of benzene rings is 1. The number of hydrogen-bond acceptors (Lipinski definition) is 3. The van der Waals surface area contributed by atoms with E-state index in [1.807, 2.05) is 25.1 Å². The zero-order chi connectivity index (χ0) is 12.0. The molecule has 0 spiro atoms. The van der Waals surface area contributed by atoms with E-state index in [0.29, 0.717) is 19.4 Å². The molecule has 1 aromatic rings. The van der Waals surface area contributed by atoms with E-state index >= 15 is 0 Å². The van der Waals surface area contributed by atoms with Crippen LogP contribution in [0.5, 0.6) is 5.75 Å². The maximum absolute atomic E-state index is 11.2. The van der Waals surface area contributed by atoms with Crippen molar-refractivity contribution in [3.8, 4) is 5.75 Å². The van der Waals surface area contributed by atoms with Crippen LogP contribution in [0.2, 0.25) is 0 Å². The summed E-state index contributed by atoms with van der Waals surface area (Å²) in [4.78, 5) is 11.2. The number of esters is 1. The molecule has 0 fully saturated rings. The quantitative estimate of drug-likeness (QED) is 0.614. The van der Waals surface area contributed by atoms with Crippen LogP contribution in [0.1, 0.15) is 18.9 Å². The molecular formula is C12H15IO3. The Hall–Kier alpha value is -0.780. The highest BCUT2D eigenvalue weighted by atomic mass is 127. The van der Waals surface area contributed by atoms with E-state index in [1.54, 1.807) is 7.11 Å². The van der Waals surface area contributed by atoms with Gasteiger partial charge in [0.15, 0.2) is 0 Å². The van der Waals surface area contributed by atoms with Crippen molar-refractivity contribution in [3.63, 3.8) is 0 Å². The van der Waals surface area contributed by atoms with Crippen LogP contribution in [0.25, 0.3) is 0 Å². The summed E-state index contributed by atoms with van der Waals surface area (Å²) in [5.41, 5.74) is 1.04. The Labute approximate surface area is 109 Å². The summed E-state index contributed by atoms with van der Waals surface area (Å²) >= 11 is 2.24. The van der Waals surface area contributed by atoms with Gasteiger partial charge in [-0.3, -0.25) is 4.79 Å². The first kappa shape index (κ1) is 13.3. The summed E-state index contributed by atoms with van der Waals surface area (Å²) in [5, 5.41) is 0. The first-order valence-electron chi connectivity index (χ1n) is 5.15. The lowest BCUT2D eigenvalue weighted by Gasteiger charge is -2.08. The maximum Gasteiger partial charge on any atom is 0.306 e. The van der Waals surface area contributed by atoms with Crippen LogP contribution in [0.15, 0.2) is 18.2 Å². The Morgan fingerprint density at radius 1 is 1.44 bits per heavy atom. The molecule has 0 aliphatic rings. The molecule has 0 bridgehead atoms. The average Bonchev–Trinajstić information content (AvgIpc) is 2.27.